The van der Waals surface area contributed by atoms with Gasteiger partial charge in [0.15, 0.2) is 0 Å². The van der Waals surface area contributed by atoms with Crippen LogP contribution in [0.2, 0.25) is 0 Å². The van der Waals surface area contributed by atoms with E-state index in [-0.39, 0.29) is 6.03 Å². The summed E-state index contributed by atoms with van der Waals surface area (Å²) in [5, 5.41) is 12.3. The van der Waals surface area contributed by atoms with E-state index in [4.69, 9.17) is 5.11 Å². The number of nitrogens with one attached hydrogen (secondary N) is 1. The van der Waals surface area contributed by atoms with Crippen molar-refractivity contribution in [2.24, 2.45) is 0 Å². The van der Waals surface area contributed by atoms with Gasteiger partial charge in [-0.1, -0.05) is 12.8 Å². The summed E-state index contributed by atoms with van der Waals surface area (Å²) in [6.45, 7) is 3.24. The number of fused-ring (bicyclic) bond motifs is 1. The van der Waals surface area contributed by atoms with Crippen LogP contribution in [0.15, 0.2) is 0 Å². The number of piperidine rings is 1. The summed E-state index contributed by atoms with van der Waals surface area (Å²) in [4.78, 5) is 29.6. The minimum absolute atomic E-state index is 0.142. The van der Waals surface area contributed by atoms with E-state index in [2.05, 4.69) is 15.1 Å². The van der Waals surface area contributed by atoms with Crippen LogP contribution in [0.1, 0.15) is 44.9 Å². The monoisotopic (exact) mass is 336 g/mol. The maximum absolute atomic E-state index is 12.4. The van der Waals surface area contributed by atoms with Crippen LogP contribution in [0.3, 0.4) is 0 Å². The van der Waals surface area contributed by atoms with Crippen LogP contribution in [-0.4, -0.2) is 82.3 Å². The van der Waals surface area contributed by atoms with Crippen molar-refractivity contribution in [2.45, 2.75) is 69.1 Å². The second kappa shape index (κ2) is 6.43. The third-order valence-electron chi connectivity index (χ3n) is 6.47. The molecule has 4 aliphatic rings. The molecular weight excluding hydrogens is 308 g/mol. The lowest BCUT2D eigenvalue weighted by atomic mass is 9.89. The van der Waals surface area contributed by atoms with E-state index < -0.39 is 6.09 Å². The van der Waals surface area contributed by atoms with Crippen LogP contribution in [-0.2, 0) is 0 Å². The number of hydrogen-bond donors (Lipinski definition) is 2. The van der Waals surface area contributed by atoms with Gasteiger partial charge in [0.1, 0.15) is 0 Å². The number of rotatable bonds is 2. The maximum atomic E-state index is 12.4. The van der Waals surface area contributed by atoms with Crippen molar-refractivity contribution < 1.29 is 14.7 Å². The Hall–Kier alpha value is -1.50. The first-order valence-electron chi connectivity index (χ1n) is 9.44. The van der Waals surface area contributed by atoms with Gasteiger partial charge in [0.25, 0.3) is 0 Å². The number of hydrogen-bond acceptors (Lipinski definition) is 3. The Morgan fingerprint density at radius 2 is 1.71 bits per heavy atom. The van der Waals surface area contributed by atoms with Crippen molar-refractivity contribution in [2.75, 3.05) is 26.2 Å². The quantitative estimate of drug-likeness (QED) is 0.802. The molecule has 4 rings (SSSR count). The van der Waals surface area contributed by atoms with Crippen molar-refractivity contribution in [3.63, 3.8) is 0 Å². The number of carboxylic acid groups (broad SMARTS) is 1. The molecule has 2 N–H and O–H groups in total. The van der Waals surface area contributed by atoms with Gasteiger partial charge in [-0.15, -0.1) is 0 Å². The first kappa shape index (κ1) is 16.0. The van der Waals surface area contributed by atoms with Gasteiger partial charge in [0.2, 0.25) is 0 Å². The van der Waals surface area contributed by atoms with Gasteiger partial charge >= 0.3 is 12.1 Å². The lowest BCUT2D eigenvalue weighted by Crippen LogP contribution is -2.52. The minimum atomic E-state index is -0.801. The van der Waals surface area contributed by atoms with Crippen LogP contribution in [0.5, 0.6) is 0 Å². The van der Waals surface area contributed by atoms with Gasteiger partial charge in [0, 0.05) is 38.3 Å². The van der Waals surface area contributed by atoms with Crippen LogP contribution in [0, 0.1) is 0 Å². The summed E-state index contributed by atoms with van der Waals surface area (Å²) in [6.07, 6.45) is 6.89. The summed E-state index contributed by atoms with van der Waals surface area (Å²) in [6, 6.07) is 1.62. The highest BCUT2D eigenvalue weighted by atomic mass is 16.4. The molecule has 0 aromatic heterocycles. The lowest BCUT2D eigenvalue weighted by Gasteiger charge is -2.41. The summed E-state index contributed by atoms with van der Waals surface area (Å²) in [5.74, 6) is 0. The molecular formula is C17H28N4O3. The van der Waals surface area contributed by atoms with E-state index in [1.165, 1.54) is 17.7 Å². The van der Waals surface area contributed by atoms with Crippen molar-refractivity contribution in [3.05, 3.63) is 0 Å². The Kier molecular flexibility index (Phi) is 4.28. The zero-order valence-corrected chi connectivity index (χ0v) is 14.2. The fourth-order valence-electron chi connectivity index (χ4n) is 5.18. The molecule has 0 radical (unpaired) electrons. The smallest absolute Gasteiger partial charge is 0.407 e. The predicted molar refractivity (Wildman–Crippen MR) is 89.0 cm³/mol. The van der Waals surface area contributed by atoms with E-state index in [0.29, 0.717) is 37.3 Å². The van der Waals surface area contributed by atoms with E-state index in [1.807, 2.05) is 0 Å². The summed E-state index contributed by atoms with van der Waals surface area (Å²) >= 11 is 0. The summed E-state index contributed by atoms with van der Waals surface area (Å²) < 4.78 is 0. The highest BCUT2D eigenvalue weighted by molar-refractivity contribution is 5.78. The van der Waals surface area contributed by atoms with E-state index in [0.717, 1.165) is 45.2 Å². The number of nitrogens with zero attached hydrogens (tertiary/aromatic N) is 3. The molecule has 24 heavy (non-hydrogen) atoms. The molecule has 3 saturated heterocycles. The summed E-state index contributed by atoms with van der Waals surface area (Å²) in [7, 11) is 0. The highest BCUT2D eigenvalue weighted by Crippen LogP contribution is 2.33. The average Bonchev–Trinajstić information content (AvgIpc) is 3.19. The van der Waals surface area contributed by atoms with Gasteiger partial charge in [-0.2, -0.15) is 0 Å². The summed E-state index contributed by atoms with van der Waals surface area (Å²) in [5.41, 5.74) is 0. The molecule has 3 atom stereocenters. The van der Waals surface area contributed by atoms with Crippen molar-refractivity contribution in [1.29, 1.82) is 0 Å². The molecule has 7 heteroatoms. The molecule has 7 nitrogen and oxygen atoms in total. The molecule has 3 heterocycles. The third-order valence-corrected chi connectivity index (χ3v) is 6.47. The zero-order valence-electron chi connectivity index (χ0n) is 14.2. The molecule has 1 aliphatic carbocycles. The van der Waals surface area contributed by atoms with E-state index >= 15 is 0 Å². The number of carbonyl (C=O) groups excluding carboxylic acids is 1. The molecule has 0 aromatic carbocycles. The number of amides is 3. The average molecular weight is 336 g/mol. The Morgan fingerprint density at radius 1 is 1.00 bits per heavy atom. The third kappa shape index (κ3) is 2.83. The maximum Gasteiger partial charge on any atom is 0.407 e. The Balaban J connectivity index is 1.33. The molecule has 0 bridgehead atoms. The molecule has 3 amide bonds. The second-order valence-electron chi connectivity index (χ2n) is 7.75. The first-order valence-corrected chi connectivity index (χ1v) is 9.44. The second-order valence-corrected chi connectivity index (χ2v) is 7.75. The van der Waals surface area contributed by atoms with Crippen LogP contribution < -0.4 is 5.32 Å². The van der Waals surface area contributed by atoms with Crippen LogP contribution >= 0.6 is 0 Å². The Labute approximate surface area is 143 Å². The fraction of sp³-hybridized carbons (Fsp3) is 0.882. The number of urea groups is 1. The normalized spacial score (nSPS) is 35.2. The number of carbonyl (C=O) groups is 2. The van der Waals surface area contributed by atoms with Gasteiger partial charge in [0.05, 0.1) is 12.1 Å². The largest absolute Gasteiger partial charge is 0.465 e. The first-order chi connectivity index (χ1) is 11.6. The Morgan fingerprint density at radius 3 is 2.42 bits per heavy atom. The minimum Gasteiger partial charge on any atom is -0.465 e. The van der Waals surface area contributed by atoms with Gasteiger partial charge in [-0.05, 0) is 32.1 Å². The van der Waals surface area contributed by atoms with Crippen LogP contribution in [0.25, 0.3) is 0 Å². The van der Waals surface area contributed by atoms with Crippen molar-refractivity contribution >= 4 is 12.1 Å². The molecule has 0 spiro atoms. The molecule has 3 aliphatic heterocycles. The lowest BCUT2D eigenvalue weighted by molar-refractivity contribution is 0.0822. The molecule has 134 valence electrons. The van der Waals surface area contributed by atoms with Gasteiger partial charge < -0.3 is 20.2 Å². The molecule has 1 saturated carbocycles. The van der Waals surface area contributed by atoms with Gasteiger partial charge in [-0.25, -0.2) is 9.59 Å². The SMILES string of the molecule is O=C(O)N1CC[C@@H](N2CCC(N3C(=O)N[C@@H]4CCCC[C@H]43)CC2)C1. The Bertz CT molecular complexity index is 506. The van der Waals surface area contributed by atoms with Gasteiger partial charge in [-0.3, -0.25) is 4.90 Å². The topological polar surface area (TPSA) is 76.1 Å². The van der Waals surface area contributed by atoms with E-state index in [1.54, 1.807) is 0 Å². The standard InChI is InChI=1S/C17H28N4O3/c22-16-18-14-3-1-2-4-15(14)21(16)12-5-8-19(9-6-12)13-7-10-20(11-13)17(23)24/h12-15H,1-11H2,(H,18,22)(H,23,24)/t13-,14-,15-/m1/s1. The molecule has 4 fully saturated rings. The fourth-order valence-corrected chi connectivity index (χ4v) is 5.18. The predicted octanol–water partition coefficient (Wildman–Crippen LogP) is 1.54. The highest BCUT2D eigenvalue weighted by Gasteiger charge is 2.44. The molecule has 0 unspecified atom stereocenters. The molecule has 0 aromatic rings. The van der Waals surface area contributed by atoms with E-state index in [9.17, 15) is 9.59 Å². The van der Waals surface area contributed by atoms with Crippen LogP contribution in [0.4, 0.5) is 9.59 Å². The number of likely N-dealkylation sites (tertiary alicyclic amines) is 2. The van der Waals surface area contributed by atoms with Crippen molar-refractivity contribution in [3.8, 4) is 0 Å². The van der Waals surface area contributed by atoms with Crippen molar-refractivity contribution in [1.82, 2.24) is 20.0 Å². The zero-order chi connectivity index (χ0) is 16.7.